The first kappa shape index (κ1) is 18.0. The molecule has 1 aromatic heterocycles. The number of aromatic nitrogens is 2. The zero-order valence-electron chi connectivity index (χ0n) is 14.6. The molecule has 0 atom stereocenters. The lowest BCUT2D eigenvalue weighted by molar-refractivity contribution is -0.129. The molecule has 0 amide bonds. The summed E-state index contributed by atoms with van der Waals surface area (Å²) in [7, 11) is 0. The molecule has 0 aliphatic carbocycles. The Hall–Kier alpha value is -2.85. The molecule has 0 N–H and O–H groups in total. The van der Waals surface area contributed by atoms with Crippen LogP contribution in [0.3, 0.4) is 0 Å². The molecule has 0 saturated heterocycles. The molecule has 0 unspecified atom stereocenters. The summed E-state index contributed by atoms with van der Waals surface area (Å²) in [5.41, 5.74) is 2.41. The standard InChI is InChI=1S/C21H19ClN2O2/c1-15(2)18-14-20(24(23-18)19-11-7-6-10-17(19)22)26-21(25)13-12-16-8-4-3-5-9-16/h3-15H,1-2H3/b13-12+. The molecule has 0 fully saturated rings. The molecule has 0 aliphatic heterocycles. The molecule has 0 radical (unpaired) electrons. The number of ether oxygens (including phenoxy) is 1. The van der Waals surface area contributed by atoms with Crippen molar-refractivity contribution < 1.29 is 9.53 Å². The van der Waals surface area contributed by atoms with Gasteiger partial charge in [0.05, 0.1) is 16.4 Å². The van der Waals surface area contributed by atoms with E-state index in [4.69, 9.17) is 16.3 Å². The van der Waals surface area contributed by atoms with Gasteiger partial charge in [-0.1, -0.05) is 67.9 Å². The summed E-state index contributed by atoms with van der Waals surface area (Å²) < 4.78 is 7.09. The van der Waals surface area contributed by atoms with Crippen molar-refractivity contribution in [2.24, 2.45) is 0 Å². The molecule has 0 aliphatic rings. The fraction of sp³-hybridized carbons (Fsp3) is 0.143. The van der Waals surface area contributed by atoms with Crippen LogP contribution in [-0.4, -0.2) is 15.7 Å². The minimum atomic E-state index is -0.475. The minimum absolute atomic E-state index is 0.191. The summed E-state index contributed by atoms with van der Waals surface area (Å²) in [5, 5.41) is 5.07. The summed E-state index contributed by atoms with van der Waals surface area (Å²) in [6, 6.07) is 18.6. The van der Waals surface area contributed by atoms with Crippen LogP contribution in [0.25, 0.3) is 11.8 Å². The second-order valence-corrected chi connectivity index (χ2v) is 6.50. The van der Waals surface area contributed by atoms with Crippen molar-refractivity contribution in [2.75, 3.05) is 0 Å². The predicted octanol–water partition coefficient (Wildman–Crippen LogP) is 5.27. The lowest BCUT2D eigenvalue weighted by Crippen LogP contribution is -2.09. The van der Waals surface area contributed by atoms with Gasteiger partial charge in [0.2, 0.25) is 5.88 Å². The lowest BCUT2D eigenvalue weighted by Gasteiger charge is -2.08. The highest BCUT2D eigenvalue weighted by Crippen LogP contribution is 2.28. The van der Waals surface area contributed by atoms with Crippen molar-refractivity contribution in [3.8, 4) is 11.6 Å². The van der Waals surface area contributed by atoms with Crippen LogP contribution in [0.15, 0.2) is 66.7 Å². The average Bonchev–Trinajstić information content (AvgIpc) is 3.05. The van der Waals surface area contributed by atoms with E-state index >= 15 is 0 Å². The maximum absolute atomic E-state index is 12.3. The number of para-hydroxylation sites is 1. The Morgan fingerprint density at radius 1 is 1.12 bits per heavy atom. The maximum atomic E-state index is 12.3. The average molecular weight is 367 g/mol. The van der Waals surface area contributed by atoms with Crippen LogP contribution in [0.1, 0.15) is 31.0 Å². The normalized spacial score (nSPS) is 11.2. The number of hydrogen-bond acceptors (Lipinski definition) is 3. The summed E-state index contributed by atoms with van der Waals surface area (Å²) in [4.78, 5) is 12.3. The van der Waals surface area contributed by atoms with Gasteiger partial charge in [-0.2, -0.15) is 9.78 Å². The first-order valence-corrected chi connectivity index (χ1v) is 8.72. The third-order valence-electron chi connectivity index (χ3n) is 3.78. The second-order valence-electron chi connectivity index (χ2n) is 6.09. The van der Waals surface area contributed by atoms with Gasteiger partial charge in [0.15, 0.2) is 0 Å². The SMILES string of the molecule is CC(C)c1cc(OC(=O)/C=C/c2ccccc2)n(-c2ccccc2Cl)n1. The van der Waals surface area contributed by atoms with Gasteiger partial charge in [0, 0.05) is 12.1 Å². The number of rotatable bonds is 5. The number of nitrogens with zero attached hydrogens (tertiary/aromatic N) is 2. The van der Waals surface area contributed by atoms with Crippen molar-refractivity contribution in [3.63, 3.8) is 0 Å². The third-order valence-corrected chi connectivity index (χ3v) is 4.10. The van der Waals surface area contributed by atoms with E-state index in [0.29, 0.717) is 16.6 Å². The molecule has 5 heteroatoms. The van der Waals surface area contributed by atoms with E-state index in [1.165, 1.54) is 6.08 Å². The molecule has 1 heterocycles. The summed E-state index contributed by atoms with van der Waals surface area (Å²) in [6.45, 7) is 4.06. The van der Waals surface area contributed by atoms with Crippen molar-refractivity contribution >= 4 is 23.6 Å². The zero-order chi connectivity index (χ0) is 18.5. The Morgan fingerprint density at radius 2 is 1.81 bits per heavy atom. The van der Waals surface area contributed by atoms with E-state index in [1.807, 2.05) is 62.4 Å². The van der Waals surface area contributed by atoms with Crippen LogP contribution in [0.4, 0.5) is 0 Å². The molecule has 0 saturated carbocycles. The van der Waals surface area contributed by atoms with Gasteiger partial charge in [-0.05, 0) is 29.7 Å². The highest BCUT2D eigenvalue weighted by molar-refractivity contribution is 6.32. The number of benzene rings is 2. The molecule has 0 spiro atoms. The summed E-state index contributed by atoms with van der Waals surface area (Å²) >= 11 is 6.28. The fourth-order valence-electron chi connectivity index (χ4n) is 2.40. The molecule has 26 heavy (non-hydrogen) atoms. The predicted molar refractivity (Wildman–Crippen MR) is 104 cm³/mol. The van der Waals surface area contributed by atoms with E-state index in [2.05, 4.69) is 5.10 Å². The second kappa shape index (κ2) is 8.02. The Kier molecular flexibility index (Phi) is 5.54. The van der Waals surface area contributed by atoms with E-state index in [-0.39, 0.29) is 5.92 Å². The number of halogens is 1. The van der Waals surface area contributed by atoms with Crippen LogP contribution >= 0.6 is 11.6 Å². The Morgan fingerprint density at radius 3 is 2.50 bits per heavy atom. The minimum Gasteiger partial charge on any atom is -0.404 e. The van der Waals surface area contributed by atoms with Gasteiger partial charge in [-0.25, -0.2) is 4.79 Å². The van der Waals surface area contributed by atoms with Crippen LogP contribution in [0.2, 0.25) is 5.02 Å². The number of hydrogen-bond donors (Lipinski definition) is 0. The monoisotopic (exact) mass is 366 g/mol. The molecular formula is C21H19ClN2O2. The van der Waals surface area contributed by atoms with Gasteiger partial charge in [0.1, 0.15) is 0 Å². The first-order chi connectivity index (χ1) is 12.5. The van der Waals surface area contributed by atoms with Crippen LogP contribution < -0.4 is 4.74 Å². The van der Waals surface area contributed by atoms with E-state index in [1.54, 1.807) is 22.9 Å². The van der Waals surface area contributed by atoms with Crippen molar-refractivity contribution in [3.05, 3.63) is 83.0 Å². The smallest absolute Gasteiger partial charge is 0.337 e. The quantitative estimate of drug-likeness (QED) is 0.456. The molecule has 132 valence electrons. The Bertz CT molecular complexity index is 930. The molecule has 3 rings (SSSR count). The van der Waals surface area contributed by atoms with E-state index < -0.39 is 5.97 Å². The maximum Gasteiger partial charge on any atom is 0.337 e. The number of carbonyl (C=O) groups excluding carboxylic acids is 1. The van der Waals surface area contributed by atoms with Crippen molar-refractivity contribution in [2.45, 2.75) is 19.8 Å². The number of esters is 1. The molecule has 2 aromatic carbocycles. The van der Waals surface area contributed by atoms with Crippen molar-refractivity contribution in [1.29, 1.82) is 0 Å². The van der Waals surface area contributed by atoms with Crippen LogP contribution in [-0.2, 0) is 4.79 Å². The van der Waals surface area contributed by atoms with Gasteiger partial charge in [-0.15, -0.1) is 0 Å². The topological polar surface area (TPSA) is 44.1 Å². The van der Waals surface area contributed by atoms with Crippen LogP contribution in [0.5, 0.6) is 5.88 Å². The highest BCUT2D eigenvalue weighted by Gasteiger charge is 2.16. The fourth-order valence-corrected chi connectivity index (χ4v) is 2.61. The van der Waals surface area contributed by atoms with Gasteiger partial charge in [-0.3, -0.25) is 0 Å². The van der Waals surface area contributed by atoms with Gasteiger partial charge in [0.25, 0.3) is 0 Å². The van der Waals surface area contributed by atoms with Crippen LogP contribution in [0, 0.1) is 0 Å². The van der Waals surface area contributed by atoms with E-state index in [9.17, 15) is 4.79 Å². The molecular weight excluding hydrogens is 348 g/mol. The molecule has 3 aromatic rings. The Labute approximate surface area is 157 Å². The first-order valence-electron chi connectivity index (χ1n) is 8.34. The summed E-state index contributed by atoms with van der Waals surface area (Å²) in [6.07, 6.45) is 3.11. The number of carbonyl (C=O) groups is 1. The van der Waals surface area contributed by atoms with Gasteiger partial charge < -0.3 is 4.74 Å². The largest absolute Gasteiger partial charge is 0.404 e. The zero-order valence-corrected chi connectivity index (χ0v) is 15.4. The third kappa shape index (κ3) is 4.21. The Balaban J connectivity index is 1.88. The van der Waals surface area contributed by atoms with Crippen molar-refractivity contribution in [1.82, 2.24) is 9.78 Å². The molecule has 0 bridgehead atoms. The van der Waals surface area contributed by atoms with Gasteiger partial charge >= 0.3 is 5.97 Å². The summed E-state index contributed by atoms with van der Waals surface area (Å²) in [5.74, 6) is 0.0536. The highest BCUT2D eigenvalue weighted by atomic mass is 35.5. The molecule has 4 nitrogen and oxygen atoms in total. The van der Waals surface area contributed by atoms with E-state index in [0.717, 1.165) is 11.3 Å². The lowest BCUT2D eigenvalue weighted by atomic mass is 10.1.